The van der Waals surface area contributed by atoms with Crippen LogP contribution in [0, 0.1) is 6.92 Å². The van der Waals surface area contributed by atoms with Gasteiger partial charge >= 0.3 is 0 Å². The third kappa shape index (κ3) is 2.81. The Kier molecular flexibility index (Phi) is 3.97. The van der Waals surface area contributed by atoms with E-state index in [1.807, 2.05) is 19.1 Å². The lowest BCUT2D eigenvalue weighted by molar-refractivity contribution is 0.254. The van der Waals surface area contributed by atoms with Gasteiger partial charge in [0.25, 0.3) is 0 Å². The molecule has 4 nitrogen and oxygen atoms in total. The van der Waals surface area contributed by atoms with Crippen molar-refractivity contribution in [2.75, 3.05) is 6.61 Å². The largest absolute Gasteiger partial charge is 0.493 e. The maximum Gasteiger partial charge on any atom is 0.122 e. The number of nitrogens with zero attached hydrogens (tertiary/aromatic N) is 2. The van der Waals surface area contributed by atoms with E-state index in [0.29, 0.717) is 5.92 Å². The van der Waals surface area contributed by atoms with Gasteiger partial charge in [0, 0.05) is 30.6 Å². The van der Waals surface area contributed by atoms with Crippen LogP contribution in [0.25, 0.3) is 0 Å². The van der Waals surface area contributed by atoms with Crippen LogP contribution in [0.15, 0.2) is 30.3 Å². The van der Waals surface area contributed by atoms with E-state index < -0.39 is 0 Å². The molecule has 0 fully saturated rings. The lowest BCUT2D eigenvalue weighted by atomic mass is 9.85. The maximum absolute atomic E-state index is 6.53. The van der Waals surface area contributed by atoms with E-state index in [1.54, 1.807) is 0 Å². The van der Waals surface area contributed by atoms with Crippen molar-refractivity contribution in [2.45, 2.75) is 45.2 Å². The van der Waals surface area contributed by atoms with Crippen LogP contribution < -0.4 is 10.5 Å². The van der Waals surface area contributed by atoms with Gasteiger partial charge in [-0.1, -0.05) is 18.2 Å². The highest BCUT2D eigenvalue weighted by Gasteiger charge is 2.27. The van der Waals surface area contributed by atoms with Crippen molar-refractivity contribution in [3.8, 4) is 5.75 Å². The van der Waals surface area contributed by atoms with Crippen molar-refractivity contribution in [1.82, 2.24) is 9.78 Å². The average Bonchev–Trinajstić information content (AvgIpc) is 2.86. The van der Waals surface area contributed by atoms with Crippen LogP contribution in [0.4, 0.5) is 0 Å². The summed E-state index contributed by atoms with van der Waals surface area (Å²) in [6.07, 6.45) is 1.84. The molecule has 0 saturated heterocycles. The maximum atomic E-state index is 6.53. The van der Waals surface area contributed by atoms with Crippen molar-refractivity contribution >= 4 is 0 Å². The zero-order valence-electron chi connectivity index (χ0n) is 12.7. The minimum absolute atomic E-state index is 0.0939. The van der Waals surface area contributed by atoms with E-state index in [0.717, 1.165) is 37.4 Å². The summed E-state index contributed by atoms with van der Waals surface area (Å²) in [5, 5.41) is 4.51. The van der Waals surface area contributed by atoms with Gasteiger partial charge in [-0.15, -0.1) is 0 Å². The Bertz CT molecular complexity index is 620. The van der Waals surface area contributed by atoms with Gasteiger partial charge in [0.2, 0.25) is 0 Å². The number of para-hydroxylation sites is 1. The molecule has 0 spiro atoms. The smallest absolute Gasteiger partial charge is 0.122 e. The Morgan fingerprint density at radius 3 is 3.05 bits per heavy atom. The summed E-state index contributed by atoms with van der Waals surface area (Å²) in [6, 6.07) is 10.5. The molecule has 1 aliphatic heterocycles. The Labute approximate surface area is 125 Å². The minimum Gasteiger partial charge on any atom is -0.493 e. The zero-order chi connectivity index (χ0) is 14.8. The molecule has 3 rings (SSSR count). The average molecular weight is 285 g/mol. The molecular formula is C17H23N3O. The molecule has 0 aliphatic carbocycles. The third-order valence-electron chi connectivity index (χ3n) is 4.25. The quantitative estimate of drug-likeness (QED) is 0.939. The highest BCUT2D eigenvalue weighted by Crippen LogP contribution is 2.35. The normalized spacial score (nSPS) is 18.9. The molecule has 0 bridgehead atoms. The van der Waals surface area contributed by atoms with Crippen LogP contribution >= 0.6 is 0 Å². The van der Waals surface area contributed by atoms with Crippen LogP contribution in [-0.4, -0.2) is 22.4 Å². The summed E-state index contributed by atoms with van der Waals surface area (Å²) in [4.78, 5) is 0. The summed E-state index contributed by atoms with van der Waals surface area (Å²) in [7, 11) is 0. The number of aromatic nitrogens is 2. The molecule has 4 heteroatoms. The fourth-order valence-electron chi connectivity index (χ4n) is 3.24. The van der Waals surface area contributed by atoms with E-state index in [4.69, 9.17) is 10.5 Å². The topological polar surface area (TPSA) is 53.1 Å². The highest BCUT2D eigenvalue weighted by atomic mass is 16.5. The van der Waals surface area contributed by atoms with Crippen molar-refractivity contribution in [1.29, 1.82) is 0 Å². The number of nitrogens with two attached hydrogens (primary N) is 1. The number of ether oxygens (including phenoxy) is 1. The predicted molar refractivity (Wildman–Crippen MR) is 83.6 cm³/mol. The van der Waals surface area contributed by atoms with Crippen molar-refractivity contribution in [3.63, 3.8) is 0 Å². The van der Waals surface area contributed by atoms with Crippen LogP contribution in [0.3, 0.4) is 0 Å². The number of fused-ring (bicyclic) bond motifs is 1. The van der Waals surface area contributed by atoms with Crippen molar-refractivity contribution < 1.29 is 4.74 Å². The summed E-state index contributed by atoms with van der Waals surface area (Å²) < 4.78 is 7.79. The fraction of sp³-hybridized carbons (Fsp3) is 0.471. The summed E-state index contributed by atoms with van der Waals surface area (Å²) in [5.74, 6) is 1.35. The first kappa shape index (κ1) is 14.1. The summed E-state index contributed by atoms with van der Waals surface area (Å²) >= 11 is 0. The van der Waals surface area contributed by atoms with Crippen LogP contribution in [0.2, 0.25) is 0 Å². The molecule has 1 aliphatic rings. The van der Waals surface area contributed by atoms with E-state index >= 15 is 0 Å². The molecule has 0 saturated carbocycles. The van der Waals surface area contributed by atoms with Gasteiger partial charge < -0.3 is 10.5 Å². The number of aryl methyl sites for hydroxylation is 2. The third-order valence-corrected chi connectivity index (χ3v) is 4.25. The SMILES string of the molecule is CCn1nc(C)cc1CC(N)C1CCOc2ccccc21. The van der Waals surface area contributed by atoms with Gasteiger partial charge in [0.1, 0.15) is 5.75 Å². The second-order valence-electron chi connectivity index (χ2n) is 5.74. The Morgan fingerprint density at radius 2 is 2.24 bits per heavy atom. The number of hydrogen-bond donors (Lipinski definition) is 1. The van der Waals surface area contributed by atoms with Crippen LogP contribution in [-0.2, 0) is 13.0 Å². The molecule has 1 aromatic carbocycles. The zero-order valence-corrected chi connectivity index (χ0v) is 12.7. The molecule has 21 heavy (non-hydrogen) atoms. The number of hydrogen-bond acceptors (Lipinski definition) is 3. The first-order valence-corrected chi connectivity index (χ1v) is 7.69. The lowest BCUT2D eigenvalue weighted by Gasteiger charge is -2.30. The molecule has 2 N–H and O–H groups in total. The first-order chi connectivity index (χ1) is 10.2. The van der Waals surface area contributed by atoms with Gasteiger partial charge in [-0.3, -0.25) is 4.68 Å². The molecule has 2 aromatic rings. The van der Waals surface area contributed by atoms with E-state index in [2.05, 4.69) is 34.9 Å². The van der Waals surface area contributed by atoms with E-state index in [1.165, 1.54) is 11.3 Å². The second kappa shape index (κ2) is 5.90. The Morgan fingerprint density at radius 1 is 1.43 bits per heavy atom. The van der Waals surface area contributed by atoms with Crippen molar-refractivity contribution in [2.24, 2.45) is 5.73 Å². The molecule has 0 radical (unpaired) electrons. The second-order valence-corrected chi connectivity index (χ2v) is 5.74. The molecule has 2 atom stereocenters. The molecular weight excluding hydrogens is 262 g/mol. The predicted octanol–water partition coefficient (Wildman–Crippen LogP) is 2.65. The lowest BCUT2D eigenvalue weighted by Crippen LogP contribution is -2.34. The monoisotopic (exact) mass is 285 g/mol. The van der Waals surface area contributed by atoms with Gasteiger partial charge in [-0.2, -0.15) is 5.10 Å². The van der Waals surface area contributed by atoms with E-state index in [-0.39, 0.29) is 6.04 Å². The Hall–Kier alpha value is -1.81. The first-order valence-electron chi connectivity index (χ1n) is 7.69. The van der Waals surface area contributed by atoms with Crippen molar-refractivity contribution in [3.05, 3.63) is 47.3 Å². The van der Waals surface area contributed by atoms with Gasteiger partial charge in [0.15, 0.2) is 0 Å². The summed E-state index contributed by atoms with van der Waals surface area (Å²) in [5.41, 5.74) is 10.1. The highest BCUT2D eigenvalue weighted by molar-refractivity contribution is 5.38. The number of benzene rings is 1. The van der Waals surface area contributed by atoms with Crippen LogP contribution in [0.5, 0.6) is 5.75 Å². The van der Waals surface area contributed by atoms with Gasteiger partial charge in [-0.05, 0) is 38.0 Å². The standard InChI is InChI=1S/C17H23N3O/c1-3-20-13(10-12(2)19-20)11-16(18)14-8-9-21-17-7-5-4-6-15(14)17/h4-7,10,14,16H,3,8-9,11,18H2,1-2H3. The molecule has 2 heterocycles. The molecule has 112 valence electrons. The minimum atomic E-state index is 0.0939. The molecule has 1 aromatic heterocycles. The Balaban J connectivity index is 1.81. The molecule has 0 amide bonds. The van der Waals surface area contributed by atoms with Gasteiger partial charge in [0.05, 0.1) is 12.3 Å². The van der Waals surface area contributed by atoms with Crippen LogP contribution in [0.1, 0.15) is 36.2 Å². The van der Waals surface area contributed by atoms with Gasteiger partial charge in [-0.25, -0.2) is 0 Å². The summed E-state index contributed by atoms with van der Waals surface area (Å²) in [6.45, 7) is 5.79. The number of rotatable bonds is 4. The van der Waals surface area contributed by atoms with E-state index in [9.17, 15) is 0 Å². The fourth-order valence-corrected chi connectivity index (χ4v) is 3.24. The molecule has 2 unspecified atom stereocenters.